The average Bonchev–Trinajstić information content (AvgIpc) is 2.28. The van der Waals surface area contributed by atoms with Gasteiger partial charge in [0, 0.05) is 0 Å². The molecule has 1 aromatic carbocycles. The molecule has 0 bridgehead atoms. The van der Waals surface area contributed by atoms with Crippen LogP contribution >= 0.6 is 0 Å². The summed E-state index contributed by atoms with van der Waals surface area (Å²) < 4.78 is 26.6. The molecule has 1 rings (SSSR count). The summed E-state index contributed by atoms with van der Waals surface area (Å²) in [4.78, 5) is 0. The Morgan fingerprint density at radius 3 is 2.12 bits per heavy atom. The van der Waals surface area contributed by atoms with Gasteiger partial charge in [0.2, 0.25) is 0 Å². The Bertz CT molecular complexity index is 468. The molecule has 0 aliphatic carbocycles. The molecule has 0 aliphatic heterocycles. The van der Waals surface area contributed by atoms with Crippen molar-refractivity contribution in [3.63, 3.8) is 0 Å². The van der Waals surface area contributed by atoms with E-state index in [0.717, 1.165) is 0 Å². The van der Waals surface area contributed by atoms with Gasteiger partial charge in [-0.2, -0.15) is 10.5 Å². The van der Waals surface area contributed by atoms with Crippen molar-refractivity contribution in [1.82, 2.24) is 0 Å². The fourth-order valence-corrected chi connectivity index (χ4v) is 1.50. The third-order valence-corrected chi connectivity index (χ3v) is 2.25. The van der Waals surface area contributed by atoms with Gasteiger partial charge in [-0.05, 0) is 12.0 Å². The van der Waals surface area contributed by atoms with Crippen molar-refractivity contribution in [2.24, 2.45) is 0 Å². The predicted molar refractivity (Wildman–Crippen MR) is 54.2 cm³/mol. The molecule has 0 heterocycles. The van der Waals surface area contributed by atoms with Gasteiger partial charge >= 0.3 is 0 Å². The second kappa shape index (κ2) is 4.59. The number of nitrogens with two attached hydrogens (primary N) is 1. The summed E-state index contributed by atoms with van der Waals surface area (Å²) in [5, 5.41) is 17.6. The van der Waals surface area contributed by atoms with Gasteiger partial charge in [-0.25, -0.2) is 8.78 Å². The molecule has 5 heteroatoms. The van der Waals surface area contributed by atoms with Gasteiger partial charge in [-0.15, -0.1) is 0 Å². The van der Waals surface area contributed by atoms with Crippen LogP contribution in [0.25, 0.3) is 0 Å². The van der Waals surface area contributed by atoms with Crippen LogP contribution < -0.4 is 5.73 Å². The molecule has 0 amide bonds. The second-order valence-corrected chi connectivity index (χ2v) is 3.24. The third-order valence-electron chi connectivity index (χ3n) is 2.25. The minimum atomic E-state index is -1.33. The average molecular weight is 221 g/mol. The lowest BCUT2D eigenvalue weighted by Gasteiger charge is -2.10. The zero-order chi connectivity index (χ0) is 12.3. The van der Waals surface area contributed by atoms with Gasteiger partial charge < -0.3 is 5.73 Å². The van der Waals surface area contributed by atoms with Crippen LogP contribution in [-0.2, 0) is 6.42 Å². The maximum atomic E-state index is 13.4. The van der Waals surface area contributed by atoms with E-state index in [9.17, 15) is 8.78 Å². The molecule has 0 atom stereocenters. The van der Waals surface area contributed by atoms with Crippen molar-refractivity contribution < 1.29 is 8.78 Å². The van der Waals surface area contributed by atoms with E-state index in [1.165, 1.54) is 0 Å². The maximum absolute atomic E-state index is 13.4. The van der Waals surface area contributed by atoms with Gasteiger partial charge in [0.15, 0.2) is 11.6 Å². The summed E-state index contributed by atoms with van der Waals surface area (Å²) in [6.45, 7) is 1.81. The fourth-order valence-electron chi connectivity index (χ4n) is 1.50. The summed E-state index contributed by atoms with van der Waals surface area (Å²) in [5.41, 5.74) is 4.39. The highest BCUT2D eigenvalue weighted by Gasteiger charge is 2.22. The molecule has 0 aromatic heterocycles. The number of hydrogen-bond donors (Lipinski definition) is 1. The van der Waals surface area contributed by atoms with Gasteiger partial charge in [-0.1, -0.05) is 13.3 Å². The molecule has 0 aliphatic rings. The van der Waals surface area contributed by atoms with Crippen molar-refractivity contribution >= 4 is 5.69 Å². The Kier molecular flexibility index (Phi) is 3.42. The van der Waals surface area contributed by atoms with Crippen LogP contribution in [0, 0.1) is 34.3 Å². The quantitative estimate of drug-likeness (QED) is 0.778. The van der Waals surface area contributed by atoms with E-state index in [4.69, 9.17) is 16.3 Å². The van der Waals surface area contributed by atoms with Crippen LogP contribution in [0.15, 0.2) is 0 Å². The molecule has 82 valence electrons. The summed E-state index contributed by atoms with van der Waals surface area (Å²) in [7, 11) is 0. The molecule has 0 spiro atoms. The molecule has 16 heavy (non-hydrogen) atoms. The molecule has 2 N–H and O–H groups in total. The number of rotatable bonds is 2. The lowest BCUT2D eigenvalue weighted by Crippen LogP contribution is -2.07. The summed E-state index contributed by atoms with van der Waals surface area (Å²) in [5.74, 6) is -2.60. The van der Waals surface area contributed by atoms with Crippen LogP contribution in [0.4, 0.5) is 14.5 Å². The molecule has 0 saturated heterocycles. The second-order valence-electron chi connectivity index (χ2n) is 3.24. The first-order valence-corrected chi connectivity index (χ1v) is 4.67. The van der Waals surface area contributed by atoms with Crippen molar-refractivity contribution in [1.29, 1.82) is 10.5 Å². The highest BCUT2D eigenvalue weighted by atomic mass is 19.2. The standard InChI is InChI=1S/C11H9F2N3/c1-2-3-6-7(4-14)9(12)10(13)11(16)8(6)5-15/h2-3,16H2,1H3. The zero-order valence-corrected chi connectivity index (χ0v) is 8.64. The van der Waals surface area contributed by atoms with Crippen LogP contribution in [0.3, 0.4) is 0 Å². The van der Waals surface area contributed by atoms with Gasteiger partial charge in [0.1, 0.15) is 12.1 Å². The van der Waals surface area contributed by atoms with E-state index < -0.39 is 22.9 Å². The molecule has 3 nitrogen and oxygen atoms in total. The van der Waals surface area contributed by atoms with Crippen molar-refractivity contribution in [2.45, 2.75) is 19.8 Å². The first kappa shape index (κ1) is 11.9. The first-order chi connectivity index (χ1) is 7.58. The molecular formula is C11H9F2N3. The summed E-state index contributed by atoms with van der Waals surface area (Å²) in [6, 6.07) is 3.28. The van der Waals surface area contributed by atoms with Crippen molar-refractivity contribution in [3.8, 4) is 12.1 Å². The smallest absolute Gasteiger partial charge is 0.184 e. The maximum Gasteiger partial charge on any atom is 0.184 e. The van der Waals surface area contributed by atoms with E-state index in [2.05, 4.69) is 0 Å². The Balaban J connectivity index is 3.69. The third kappa shape index (κ3) is 1.68. The number of nitriles is 2. The van der Waals surface area contributed by atoms with Gasteiger partial charge in [0.25, 0.3) is 0 Å². The van der Waals surface area contributed by atoms with E-state index in [1.807, 2.05) is 0 Å². The topological polar surface area (TPSA) is 73.6 Å². The normalized spacial score (nSPS) is 9.56. The lowest BCUT2D eigenvalue weighted by molar-refractivity contribution is 0.507. The SMILES string of the molecule is CCCc1c(C#N)c(N)c(F)c(F)c1C#N. The number of nitrogens with zero attached hydrogens (tertiary/aromatic N) is 2. The van der Waals surface area contributed by atoms with Crippen molar-refractivity contribution in [3.05, 3.63) is 28.3 Å². The first-order valence-electron chi connectivity index (χ1n) is 4.67. The van der Waals surface area contributed by atoms with Crippen LogP contribution in [-0.4, -0.2) is 0 Å². The number of nitrogen functional groups attached to an aromatic ring is 1. The number of anilines is 1. The Hall–Kier alpha value is -2.14. The van der Waals surface area contributed by atoms with Gasteiger partial charge in [-0.3, -0.25) is 0 Å². The van der Waals surface area contributed by atoms with E-state index in [1.54, 1.807) is 19.1 Å². The molecule has 1 aromatic rings. The summed E-state index contributed by atoms with van der Waals surface area (Å²) >= 11 is 0. The molecular weight excluding hydrogens is 212 g/mol. The summed E-state index contributed by atoms with van der Waals surface area (Å²) in [6.07, 6.45) is 0.918. The molecule has 0 radical (unpaired) electrons. The van der Waals surface area contributed by atoms with E-state index in [-0.39, 0.29) is 11.1 Å². The predicted octanol–water partition coefficient (Wildman–Crippen LogP) is 2.24. The monoisotopic (exact) mass is 221 g/mol. The van der Waals surface area contributed by atoms with Gasteiger partial charge in [0.05, 0.1) is 16.8 Å². The Labute approximate surface area is 91.7 Å². The van der Waals surface area contributed by atoms with Crippen LogP contribution in [0.2, 0.25) is 0 Å². The zero-order valence-electron chi connectivity index (χ0n) is 8.64. The largest absolute Gasteiger partial charge is 0.395 e. The van der Waals surface area contributed by atoms with Crippen molar-refractivity contribution in [2.75, 3.05) is 5.73 Å². The highest BCUT2D eigenvalue weighted by molar-refractivity contribution is 5.64. The molecule has 0 unspecified atom stereocenters. The Morgan fingerprint density at radius 1 is 1.12 bits per heavy atom. The lowest BCUT2D eigenvalue weighted by atomic mass is 9.96. The molecule has 0 fully saturated rings. The van der Waals surface area contributed by atoms with E-state index in [0.29, 0.717) is 12.8 Å². The minimum Gasteiger partial charge on any atom is -0.395 e. The van der Waals surface area contributed by atoms with Crippen LogP contribution in [0.5, 0.6) is 0 Å². The Morgan fingerprint density at radius 2 is 1.69 bits per heavy atom. The number of hydrogen-bond acceptors (Lipinski definition) is 3. The molecule has 0 saturated carbocycles. The highest BCUT2D eigenvalue weighted by Crippen LogP contribution is 2.28. The number of benzene rings is 1. The fraction of sp³-hybridized carbons (Fsp3) is 0.273. The van der Waals surface area contributed by atoms with Crippen LogP contribution in [0.1, 0.15) is 30.0 Å². The number of halogens is 2. The van der Waals surface area contributed by atoms with E-state index >= 15 is 0 Å². The minimum absolute atomic E-state index is 0.141.